The van der Waals surface area contributed by atoms with E-state index < -0.39 is 15.8 Å². The molecule has 10 heteroatoms. The van der Waals surface area contributed by atoms with Crippen LogP contribution in [0.3, 0.4) is 0 Å². The van der Waals surface area contributed by atoms with E-state index in [0.29, 0.717) is 23.6 Å². The summed E-state index contributed by atoms with van der Waals surface area (Å²) in [5, 5.41) is 0.176. The van der Waals surface area contributed by atoms with E-state index in [1.165, 1.54) is 18.5 Å². The molecular weight excluding hydrogens is 429 g/mol. The van der Waals surface area contributed by atoms with Crippen molar-refractivity contribution in [2.75, 3.05) is 10.5 Å². The van der Waals surface area contributed by atoms with Crippen molar-refractivity contribution in [1.29, 1.82) is 0 Å². The number of nitrogens with zero attached hydrogens (tertiary/aromatic N) is 3. The molecule has 0 radical (unpaired) electrons. The number of hydrogen-bond donors (Lipinski definition) is 2. The molecule has 0 saturated heterocycles. The molecular formula is C20H23ClFN5O2S. The van der Waals surface area contributed by atoms with Gasteiger partial charge in [0.2, 0.25) is 10.0 Å². The van der Waals surface area contributed by atoms with Gasteiger partial charge in [0.25, 0.3) is 0 Å². The maximum atomic E-state index is 15.4. The van der Waals surface area contributed by atoms with Crippen LogP contribution >= 0.6 is 11.6 Å². The first-order valence-electron chi connectivity index (χ1n) is 9.38. The molecule has 3 rings (SSSR count). The molecule has 2 aromatic heterocycles. The van der Waals surface area contributed by atoms with E-state index in [1.807, 2.05) is 20.8 Å². The van der Waals surface area contributed by atoms with Crippen LogP contribution in [0.2, 0.25) is 5.02 Å². The van der Waals surface area contributed by atoms with Gasteiger partial charge in [0.05, 0.1) is 22.8 Å². The van der Waals surface area contributed by atoms with Crippen LogP contribution in [0.4, 0.5) is 10.1 Å². The van der Waals surface area contributed by atoms with Gasteiger partial charge in [0.15, 0.2) is 5.82 Å². The number of benzene rings is 1. The molecule has 0 unspecified atom stereocenters. The first-order valence-corrected chi connectivity index (χ1v) is 11.4. The minimum Gasteiger partial charge on any atom is -0.340 e. The van der Waals surface area contributed by atoms with E-state index in [4.69, 9.17) is 11.6 Å². The van der Waals surface area contributed by atoms with Crippen molar-refractivity contribution in [1.82, 2.24) is 19.9 Å². The molecule has 0 amide bonds. The van der Waals surface area contributed by atoms with Gasteiger partial charge in [-0.3, -0.25) is 4.72 Å². The minimum absolute atomic E-state index is 0.0667. The molecule has 0 atom stereocenters. The van der Waals surface area contributed by atoms with Crippen molar-refractivity contribution < 1.29 is 12.8 Å². The number of anilines is 1. The lowest BCUT2D eigenvalue weighted by molar-refractivity contribution is 0.553. The second kappa shape index (κ2) is 8.31. The number of imidazole rings is 1. The van der Waals surface area contributed by atoms with Crippen molar-refractivity contribution >= 4 is 27.3 Å². The summed E-state index contributed by atoms with van der Waals surface area (Å²) >= 11 is 6.21. The maximum absolute atomic E-state index is 15.4. The minimum atomic E-state index is -3.70. The fraction of sp³-hybridized carbons (Fsp3) is 0.350. The number of hydrogen-bond acceptors (Lipinski definition) is 5. The Kier molecular flexibility index (Phi) is 6.14. The largest absolute Gasteiger partial charge is 0.340 e. The first kappa shape index (κ1) is 22.2. The Bertz CT molecular complexity index is 1160. The average Bonchev–Trinajstić information content (AvgIpc) is 3.10. The monoisotopic (exact) mass is 451 g/mol. The second-order valence-corrected chi connectivity index (χ2v) is 10.2. The summed E-state index contributed by atoms with van der Waals surface area (Å²) in [4.78, 5) is 16.0. The Morgan fingerprint density at radius 1 is 1.27 bits per heavy atom. The topological polar surface area (TPSA) is 101 Å². The van der Waals surface area contributed by atoms with Crippen LogP contribution in [0.1, 0.15) is 39.9 Å². The van der Waals surface area contributed by atoms with Gasteiger partial charge < -0.3 is 4.98 Å². The van der Waals surface area contributed by atoms with Gasteiger partial charge in [-0.2, -0.15) is 0 Å². The van der Waals surface area contributed by atoms with Crippen LogP contribution in [0.15, 0.2) is 30.7 Å². The summed E-state index contributed by atoms with van der Waals surface area (Å²) in [6.45, 7) is 7.64. The van der Waals surface area contributed by atoms with Crippen LogP contribution in [0, 0.1) is 5.82 Å². The number of aromatic amines is 1. The van der Waals surface area contributed by atoms with Gasteiger partial charge in [0.1, 0.15) is 17.8 Å². The van der Waals surface area contributed by atoms with E-state index in [-0.39, 0.29) is 33.1 Å². The van der Waals surface area contributed by atoms with Gasteiger partial charge in [-0.05, 0) is 24.6 Å². The molecule has 0 saturated carbocycles. The second-order valence-electron chi connectivity index (χ2n) is 7.89. The molecule has 0 aliphatic carbocycles. The van der Waals surface area contributed by atoms with Crippen LogP contribution in [-0.2, 0) is 15.4 Å². The molecule has 2 heterocycles. The lowest BCUT2D eigenvalue weighted by Gasteiger charge is -2.14. The third-order valence-electron chi connectivity index (χ3n) is 4.28. The summed E-state index contributed by atoms with van der Waals surface area (Å²) in [5.41, 5.74) is 0.800. The van der Waals surface area contributed by atoms with Gasteiger partial charge in [0, 0.05) is 22.2 Å². The van der Waals surface area contributed by atoms with Gasteiger partial charge in [-0.1, -0.05) is 39.3 Å². The number of sulfonamides is 1. The number of halogens is 2. The van der Waals surface area contributed by atoms with Crippen molar-refractivity contribution in [3.05, 3.63) is 47.4 Å². The fourth-order valence-electron chi connectivity index (χ4n) is 2.87. The highest BCUT2D eigenvalue weighted by molar-refractivity contribution is 7.92. The zero-order chi connectivity index (χ0) is 22.1. The molecule has 1 aromatic carbocycles. The number of nitrogens with one attached hydrogen (secondary N) is 2. The lowest BCUT2D eigenvalue weighted by atomic mass is 9.96. The Morgan fingerprint density at radius 3 is 2.60 bits per heavy atom. The average molecular weight is 452 g/mol. The number of H-pyrrole nitrogens is 1. The van der Waals surface area contributed by atoms with Gasteiger partial charge >= 0.3 is 0 Å². The molecule has 7 nitrogen and oxygen atoms in total. The zero-order valence-electron chi connectivity index (χ0n) is 17.1. The lowest BCUT2D eigenvalue weighted by Crippen LogP contribution is -2.17. The van der Waals surface area contributed by atoms with Crippen LogP contribution in [-0.4, -0.2) is 34.1 Å². The smallest absolute Gasteiger partial charge is 0.232 e. The molecule has 2 N–H and O–H groups in total. The molecule has 0 fully saturated rings. The molecule has 0 bridgehead atoms. The van der Waals surface area contributed by atoms with E-state index >= 15 is 4.39 Å². The molecule has 30 heavy (non-hydrogen) atoms. The predicted molar refractivity (Wildman–Crippen MR) is 116 cm³/mol. The first-order chi connectivity index (χ1) is 14.0. The van der Waals surface area contributed by atoms with E-state index in [0.717, 1.165) is 0 Å². The summed E-state index contributed by atoms with van der Waals surface area (Å²) in [5.74, 6) is -0.267. The van der Waals surface area contributed by atoms with Gasteiger partial charge in [-0.15, -0.1) is 0 Å². The zero-order valence-corrected chi connectivity index (χ0v) is 18.7. The van der Waals surface area contributed by atoms with E-state index in [2.05, 4.69) is 24.7 Å². The summed E-state index contributed by atoms with van der Waals surface area (Å²) < 4.78 is 42.1. The molecule has 3 aromatic rings. The summed E-state index contributed by atoms with van der Waals surface area (Å²) in [6.07, 6.45) is 3.36. The van der Waals surface area contributed by atoms with Gasteiger partial charge in [-0.25, -0.2) is 27.8 Å². The van der Waals surface area contributed by atoms with Crippen LogP contribution < -0.4 is 4.72 Å². The normalized spacial score (nSPS) is 12.2. The molecule has 0 aliphatic rings. The van der Waals surface area contributed by atoms with Crippen LogP contribution in [0.5, 0.6) is 0 Å². The van der Waals surface area contributed by atoms with Crippen molar-refractivity contribution in [2.24, 2.45) is 0 Å². The highest BCUT2D eigenvalue weighted by Crippen LogP contribution is 2.37. The molecule has 0 spiro atoms. The Hall–Kier alpha value is -2.52. The van der Waals surface area contributed by atoms with E-state index in [9.17, 15) is 8.42 Å². The van der Waals surface area contributed by atoms with E-state index in [1.54, 1.807) is 19.2 Å². The predicted octanol–water partition coefficient (Wildman–Crippen LogP) is 4.78. The van der Waals surface area contributed by atoms with Crippen molar-refractivity contribution in [3.8, 4) is 22.6 Å². The van der Waals surface area contributed by atoms with Crippen molar-refractivity contribution in [3.63, 3.8) is 0 Å². The summed E-state index contributed by atoms with van der Waals surface area (Å²) in [6, 6.07) is 4.34. The Labute approximate surface area is 180 Å². The third kappa shape index (κ3) is 4.79. The SMILES string of the molecule is CCCS(=O)(=O)Nc1cc(Cl)cc(-c2nc(C(C)(C)C)[nH]c2-c2ccncn2)c1F. The quantitative estimate of drug-likeness (QED) is 0.561. The molecule has 160 valence electrons. The highest BCUT2D eigenvalue weighted by atomic mass is 35.5. The standard InChI is InChI=1S/C20H23ClFN5O2S/c1-5-8-30(28,29)27-15-10-12(21)9-13(16(15)22)17-18(14-6-7-23-11-24-14)26-19(25-17)20(2,3)4/h6-7,9-11,27H,5,8H2,1-4H3,(H,25,26). The Morgan fingerprint density at radius 2 is 2.00 bits per heavy atom. The maximum Gasteiger partial charge on any atom is 0.232 e. The molecule has 0 aliphatic heterocycles. The highest BCUT2D eigenvalue weighted by Gasteiger charge is 2.26. The fourth-order valence-corrected chi connectivity index (χ4v) is 4.21. The number of rotatable bonds is 6. The van der Waals surface area contributed by atoms with Crippen LogP contribution in [0.25, 0.3) is 22.6 Å². The van der Waals surface area contributed by atoms with Crippen molar-refractivity contribution in [2.45, 2.75) is 39.5 Å². The summed E-state index contributed by atoms with van der Waals surface area (Å²) in [7, 11) is -3.70. The third-order valence-corrected chi connectivity index (χ3v) is 5.98. The number of aromatic nitrogens is 4. The Balaban J connectivity index is 2.22.